The molecular weight excluding hydrogens is 651 g/mol. The van der Waals surface area contributed by atoms with Crippen LogP contribution in [-0.2, 0) is 0 Å². The number of nitrogens with zero attached hydrogens (tertiary/aromatic N) is 1. The summed E-state index contributed by atoms with van der Waals surface area (Å²) in [5, 5.41) is 8.29. The van der Waals surface area contributed by atoms with E-state index in [4.69, 9.17) is 0 Å². The number of hydrogen-bond acceptors (Lipinski definition) is 2. The molecule has 0 unspecified atom stereocenters. The van der Waals surface area contributed by atoms with Gasteiger partial charge >= 0.3 is 0 Å². The summed E-state index contributed by atoms with van der Waals surface area (Å²) in [6.45, 7) is 5.06. The molecule has 3 heteroatoms. The lowest BCUT2D eigenvalue weighted by Crippen LogP contribution is -2.49. The molecule has 9 aromatic rings. The van der Waals surface area contributed by atoms with Crippen LogP contribution in [0.2, 0.25) is 13.1 Å². The van der Waals surface area contributed by atoms with Gasteiger partial charge in [0.15, 0.2) is 0 Å². The lowest BCUT2D eigenvalue weighted by Gasteiger charge is -2.30. The standard InChI is InChI=1S/C48H35NSSi/c1-51(2)45-28-27-41-40-20-9-11-22-44(40)50-48(41)47(45)42-26-25-38(31-46(42)51)49(37-18-12-17-35(30-37)32-13-4-3-5-14-32)43-21-10-8-19-39(43)36-24-23-33-15-6-7-16-34(33)29-36/h3-31H,1-2H3. The summed E-state index contributed by atoms with van der Waals surface area (Å²) in [4.78, 5) is 2.49. The third kappa shape index (κ3) is 4.80. The zero-order chi connectivity index (χ0) is 34.1. The highest BCUT2D eigenvalue weighted by Gasteiger charge is 2.39. The average molecular weight is 686 g/mol. The molecule has 51 heavy (non-hydrogen) atoms. The normalized spacial score (nSPS) is 13.1. The Balaban J connectivity index is 1.19. The van der Waals surface area contributed by atoms with Gasteiger partial charge in [0.1, 0.15) is 8.07 Å². The van der Waals surface area contributed by atoms with E-state index < -0.39 is 8.07 Å². The van der Waals surface area contributed by atoms with Gasteiger partial charge in [-0.2, -0.15) is 0 Å². The van der Waals surface area contributed by atoms with Gasteiger partial charge in [-0.1, -0.05) is 147 Å². The van der Waals surface area contributed by atoms with Gasteiger partial charge in [-0.25, -0.2) is 0 Å². The van der Waals surface area contributed by atoms with Crippen LogP contribution in [0.15, 0.2) is 176 Å². The molecule has 0 bridgehead atoms. The number of benzene rings is 8. The van der Waals surface area contributed by atoms with E-state index in [1.165, 1.54) is 80.9 Å². The highest BCUT2D eigenvalue weighted by Crippen LogP contribution is 2.46. The van der Waals surface area contributed by atoms with Crippen molar-refractivity contribution in [1.82, 2.24) is 0 Å². The van der Waals surface area contributed by atoms with Crippen LogP contribution in [0.25, 0.3) is 64.3 Å². The number of thiophene rings is 1. The summed E-state index contributed by atoms with van der Waals surface area (Å²) in [6.07, 6.45) is 0. The number of para-hydroxylation sites is 1. The van der Waals surface area contributed by atoms with Crippen molar-refractivity contribution in [2.45, 2.75) is 13.1 Å². The minimum absolute atomic E-state index is 1.14. The average Bonchev–Trinajstić information content (AvgIpc) is 3.67. The van der Waals surface area contributed by atoms with Crippen molar-refractivity contribution in [1.29, 1.82) is 0 Å². The molecule has 0 amide bonds. The molecule has 1 nitrogen and oxygen atoms in total. The summed E-state index contributed by atoms with van der Waals surface area (Å²) in [5.74, 6) is 0. The van der Waals surface area contributed by atoms with Crippen molar-refractivity contribution in [2.75, 3.05) is 4.90 Å². The third-order valence-electron chi connectivity index (χ3n) is 10.8. The zero-order valence-corrected chi connectivity index (χ0v) is 30.4. The molecule has 10 rings (SSSR count). The highest BCUT2D eigenvalue weighted by atomic mass is 32.1. The molecule has 0 fully saturated rings. The second-order valence-electron chi connectivity index (χ2n) is 14.1. The minimum Gasteiger partial charge on any atom is -0.310 e. The van der Waals surface area contributed by atoms with Crippen molar-refractivity contribution < 1.29 is 0 Å². The zero-order valence-electron chi connectivity index (χ0n) is 28.6. The third-order valence-corrected chi connectivity index (χ3v) is 15.6. The number of fused-ring (bicyclic) bond motifs is 8. The Kier molecular flexibility index (Phi) is 6.89. The van der Waals surface area contributed by atoms with Crippen molar-refractivity contribution in [2.24, 2.45) is 0 Å². The molecule has 1 aliphatic rings. The van der Waals surface area contributed by atoms with Gasteiger partial charge in [-0.3, -0.25) is 0 Å². The predicted octanol–water partition coefficient (Wildman–Crippen LogP) is 12.8. The second kappa shape index (κ2) is 11.7. The molecule has 0 saturated heterocycles. The molecule has 0 saturated carbocycles. The molecule has 0 aliphatic carbocycles. The van der Waals surface area contributed by atoms with Crippen LogP contribution in [0.3, 0.4) is 0 Å². The van der Waals surface area contributed by atoms with Crippen LogP contribution in [0.4, 0.5) is 17.1 Å². The fraction of sp³-hybridized carbons (Fsp3) is 0.0417. The SMILES string of the molecule is C[Si]1(C)c2cc(N(c3cccc(-c4ccccc4)c3)c3ccccc3-c3ccc4ccccc4c3)ccc2-c2c1ccc1c2sc2ccccc21. The van der Waals surface area contributed by atoms with Gasteiger partial charge in [0, 0.05) is 37.1 Å². The summed E-state index contributed by atoms with van der Waals surface area (Å²) in [6, 6.07) is 65.1. The summed E-state index contributed by atoms with van der Waals surface area (Å²) < 4.78 is 2.79. The van der Waals surface area contributed by atoms with Gasteiger partial charge in [0.2, 0.25) is 0 Å². The lowest BCUT2D eigenvalue weighted by molar-refractivity contribution is 1.29. The Hall–Kier alpha value is -5.74. The first kappa shape index (κ1) is 30.1. The summed E-state index contributed by atoms with van der Waals surface area (Å²) in [5.41, 5.74) is 11.2. The van der Waals surface area contributed by atoms with Gasteiger partial charge in [0.25, 0.3) is 0 Å². The Bertz CT molecular complexity index is 2790. The molecule has 2 heterocycles. The van der Waals surface area contributed by atoms with Crippen molar-refractivity contribution in [3.05, 3.63) is 176 Å². The van der Waals surface area contributed by atoms with E-state index >= 15 is 0 Å². The van der Waals surface area contributed by atoms with E-state index in [1.807, 2.05) is 11.3 Å². The van der Waals surface area contributed by atoms with E-state index in [1.54, 1.807) is 5.19 Å². The Labute approximate surface area is 303 Å². The smallest absolute Gasteiger partial charge is 0.114 e. The largest absolute Gasteiger partial charge is 0.310 e. The molecular formula is C48H35NSSi. The Morgan fingerprint density at radius 1 is 0.451 bits per heavy atom. The summed E-state index contributed by atoms with van der Waals surface area (Å²) in [7, 11) is -2.02. The van der Waals surface area contributed by atoms with Crippen LogP contribution in [0, 0.1) is 0 Å². The first-order chi connectivity index (χ1) is 25.0. The van der Waals surface area contributed by atoms with Gasteiger partial charge in [-0.05, 0) is 91.4 Å². The van der Waals surface area contributed by atoms with Crippen LogP contribution in [0.1, 0.15) is 0 Å². The highest BCUT2D eigenvalue weighted by molar-refractivity contribution is 7.26. The first-order valence-corrected chi connectivity index (χ1v) is 21.5. The molecule has 242 valence electrons. The van der Waals surface area contributed by atoms with Crippen molar-refractivity contribution in [3.8, 4) is 33.4 Å². The monoisotopic (exact) mass is 685 g/mol. The molecule has 0 N–H and O–H groups in total. The lowest BCUT2D eigenvalue weighted by atomic mass is 9.98. The van der Waals surface area contributed by atoms with E-state index in [-0.39, 0.29) is 0 Å². The molecule has 0 atom stereocenters. The van der Waals surface area contributed by atoms with Crippen LogP contribution < -0.4 is 15.3 Å². The Morgan fingerprint density at radius 2 is 1.20 bits per heavy atom. The van der Waals surface area contributed by atoms with Gasteiger partial charge in [-0.15, -0.1) is 11.3 Å². The van der Waals surface area contributed by atoms with E-state index in [0.717, 1.165) is 5.69 Å². The number of hydrogen-bond donors (Lipinski definition) is 0. The van der Waals surface area contributed by atoms with E-state index in [9.17, 15) is 0 Å². The molecule has 8 aromatic carbocycles. The van der Waals surface area contributed by atoms with Crippen LogP contribution in [0.5, 0.6) is 0 Å². The molecule has 0 spiro atoms. The molecule has 1 aliphatic heterocycles. The topological polar surface area (TPSA) is 3.24 Å². The van der Waals surface area contributed by atoms with Gasteiger partial charge < -0.3 is 4.90 Å². The first-order valence-electron chi connectivity index (χ1n) is 17.7. The number of anilines is 3. The van der Waals surface area contributed by atoms with E-state index in [2.05, 4.69) is 194 Å². The molecule has 1 aromatic heterocycles. The number of rotatable bonds is 5. The fourth-order valence-corrected chi connectivity index (χ4v) is 12.7. The second-order valence-corrected chi connectivity index (χ2v) is 19.5. The maximum absolute atomic E-state index is 2.53. The minimum atomic E-state index is -2.02. The maximum atomic E-state index is 2.53. The Morgan fingerprint density at radius 3 is 2.10 bits per heavy atom. The molecule has 0 radical (unpaired) electrons. The predicted molar refractivity (Wildman–Crippen MR) is 225 cm³/mol. The van der Waals surface area contributed by atoms with Crippen molar-refractivity contribution in [3.63, 3.8) is 0 Å². The van der Waals surface area contributed by atoms with Crippen LogP contribution in [-0.4, -0.2) is 8.07 Å². The van der Waals surface area contributed by atoms with Crippen LogP contribution >= 0.6 is 11.3 Å². The maximum Gasteiger partial charge on any atom is 0.114 e. The quantitative estimate of drug-likeness (QED) is 0.163. The van der Waals surface area contributed by atoms with Crippen molar-refractivity contribution >= 4 is 77.8 Å². The summed E-state index contributed by atoms with van der Waals surface area (Å²) >= 11 is 1.95. The van der Waals surface area contributed by atoms with E-state index in [0.29, 0.717) is 0 Å². The fourth-order valence-electron chi connectivity index (χ4n) is 8.28. The van der Waals surface area contributed by atoms with Gasteiger partial charge in [0.05, 0.1) is 5.69 Å².